The molecule has 7 heteroatoms. The number of hydrogen-bond donors (Lipinski definition) is 1. The van der Waals surface area contributed by atoms with Gasteiger partial charge in [0.1, 0.15) is 5.69 Å². The molecule has 1 aromatic heterocycles. The Hall–Kier alpha value is -1.92. The molecule has 1 heterocycles. The Balaban J connectivity index is 3.42. The first kappa shape index (κ1) is 17.1. The molecule has 21 heavy (non-hydrogen) atoms. The first-order valence-corrected chi connectivity index (χ1v) is 7.31. The number of hydrogen-bond acceptors (Lipinski definition) is 6. The molecule has 0 radical (unpaired) electrons. The first-order valence-electron chi connectivity index (χ1n) is 7.31. The Morgan fingerprint density at radius 3 is 2.33 bits per heavy atom. The van der Waals surface area contributed by atoms with Crippen molar-refractivity contribution in [3.8, 4) is 0 Å². The minimum Gasteiger partial charge on any atom is -0.354 e. The second-order valence-electron chi connectivity index (χ2n) is 5.73. The van der Waals surface area contributed by atoms with Crippen LogP contribution in [-0.4, -0.2) is 34.0 Å². The van der Waals surface area contributed by atoms with Gasteiger partial charge in [-0.05, 0) is 33.6 Å². The molecule has 0 saturated heterocycles. The Morgan fingerprint density at radius 2 is 1.90 bits per heavy atom. The smallest absolute Gasteiger partial charge is 0.332 e. The van der Waals surface area contributed by atoms with E-state index in [1.807, 2.05) is 25.7 Å². The van der Waals surface area contributed by atoms with Crippen LogP contribution < -0.4 is 10.2 Å². The zero-order chi connectivity index (χ0) is 16.2. The van der Waals surface area contributed by atoms with E-state index in [1.165, 1.54) is 0 Å². The summed E-state index contributed by atoms with van der Waals surface area (Å²) in [4.78, 5) is 21.5. The monoisotopic (exact) mass is 295 g/mol. The van der Waals surface area contributed by atoms with Crippen molar-refractivity contribution < 1.29 is 4.92 Å². The summed E-state index contributed by atoms with van der Waals surface area (Å²) in [6.45, 7) is 13.2. The minimum absolute atomic E-state index is 0.00833. The summed E-state index contributed by atoms with van der Waals surface area (Å²) in [5.41, 5.74) is 0.376. The fraction of sp³-hybridized carbons (Fsp3) is 0.714. The second-order valence-corrected chi connectivity index (χ2v) is 5.73. The summed E-state index contributed by atoms with van der Waals surface area (Å²) in [5.74, 6) is 1.21. The maximum atomic E-state index is 11.4. The maximum absolute atomic E-state index is 11.4. The van der Waals surface area contributed by atoms with Crippen LogP contribution in [0.1, 0.15) is 40.3 Å². The highest BCUT2D eigenvalue weighted by molar-refractivity contribution is 5.63. The van der Waals surface area contributed by atoms with Crippen molar-refractivity contribution >= 4 is 17.5 Å². The largest absolute Gasteiger partial charge is 0.354 e. The molecular weight excluding hydrogens is 270 g/mol. The zero-order valence-corrected chi connectivity index (χ0v) is 13.7. The number of nitro groups is 1. The van der Waals surface area contributed by atoms with Crippen molar-refractivity contribution in [2.75, 3.05) is 23.3 Å². The normalized spacial score (nSPS) is 11.0. The first-order chi connectivity index (χ1) is 9.77. The summed E-state index contributed by atoms with van der Waals surface area (Å²) < 4.78 is 0. The van der Waals surface area contributed by atoms with Gasteiger partial charge in [0.25, 0.3) is 0 Å². The fourth-order valence-electron chi connectivity index (χ4n) is 2.14. The van der Waals surface area contributed by atoms with Crippen molar-refractivity contribution in [1.82, 2.24) is 9.97 Å². The van der Waals surface area contributed by atoms with E-state index in [1.54, 1.807) is 6.92 Å². The standard InChI is InChI=1S/C14H25N5O2/c1-7-15-14-16-11(6)12(19(20)21)13(17-14)18(10(4)5)8-9(2)3/h9-10H,7-8H2,1-6H3,(H,15,16,17). The van der Waals surface area contributed by atoms with Crippen molar-refractivity contribution in [2.24, 2.45) is 5.92 Å². The summed E-state index contributed by atoms with van der Waals surface area (Å²) in [5, 5.41) is 14.4. The molecule has 1 aromatic rings. The average Bonchev–Trinajstić information content (AvgIpc) is 2.34. The van der Waals surface area contributed by atoms with Crippen LogP contribution in [0.15, 0.2) is 0 Å². The number of aryl methyl sites for hydroxylation is 1. The molecule has 1 N–H and O–H groups in total. The molecule has 0 atom stereocenters. The van der Waals surface area contributed by atoms with E-state index in [-0.39, 0.29) is 11.7 Å². The predicted octanol–water partition coefficient (Wildman–Crippen LogP) is 3.00. The fourth-order valence-corrected chi connectivity index (χ4v) is 2.14. The van der Waals surface area contributed by atoms with Gasteiger partial charge in [-0.2, -0.15) is 4.98 Å². The Kier molecular flexibility index (Phi) is 5.87. The lowest BCUT2D eigenvalue weighted by Gasteiger charge is -2.29. The molecule has 0 fully saturated rings. The predicted molar refractivity (Wildman–Crippen MR) is 84.9 cm³/mol. The van der Waals surface area contributed by atoms with E-state index in [4.69, 9.17) is 0 Å². The minimum atomic E-state index is -0.393. The third kappa shape index (κ3) is 4.27. The van der Waals surface area contributed by atoms with Crippen LogP contribution in [-0.2, 0) is 0 Å². The van der Waals surface area contributed by atoms with Gasteiger partial charge >= 0.3 is 5.69 Å². The summed E-state index contributed by atoms with van der Waals surface area (Å²) >= 11 is 0. The topological polar surface area (TPSA) is 84.2 Å². The molecule has 0 aliphatic heterocycles. The van der Waals surface area contributed by atoms with E-state index in [0.29, 0.717) is 36.5 Å². The summed E-state index contributed by atoms with van der Waals surface area (Å²) in [7, 11) is 0. The van der Waals surface area contributed by atoms with Gasteiger partial charge in [0, 0.05) is 19.1 Å². The quantitative estimate of drug-likeness (QED) is 0.615. The lowest BCUT2D eigenvalue weighted by Crippen LogP contribution is -2.35. The van der Waals surface area contributed by atoms with Gasteiger partial charge < -0.3 is 10.2 Å². The molecule has 0 aliphatic rings. The number of nitrogens with zero attached hydrogens (tertiary/aromatic N) is 4. The molecule has 0 amide bonds. The van der Waals surface area contributed by atoms with Crippen molar-refractivity contribution in [3.05, 3.63) is 15.8 Å². The van der Waals surface area contributed by atoms with Gasteiger partial charge in [-0.1, -0.05) is 13.8 Å². The highest BCUT2D eigenvalue weighted by Crippen LogP contribution is 2.31. The Labute approximate surface area is 125 Å². The van der Waals surface area contributed by atoms with Crippen LogP contribution in [0, 0.1) is 23.0 Å². The second kappa shape index (κ2) is 7.19. The molecule has 0 unspecified atom stereocenters. The molecule has 118 valence electrons. The molecule has 0 spiro atoms. The SMILES string of the molecule is CCNc1nc(C)c([N+](=O)[O-])c(N(CC(C)C)C(C)C)n1. The van der Waals surface area contributed by atoms with Crippen LogP contribution >= 0.6 is 0 Å². The lowest BCUT2D eigenvalue weighted by molar-refractivity contribution is -0.385. The number of anilines is 2. The Bertz CT molecular complexity index is 502. The van der Waals surface area contributed by atoms with E-state index >= 15 is 0 Å². The Morgan fingerprint density at radius 1 is 1.29 bits per heavy atom. The lowest BCUT2D eigenvalue weighted by atomic mass is 10.1. The van der Waals surface area contributed by atoms with Crippen molar-refractivity contribution in [2.45, 2.75) is 47.6 Å². The molecule has 0 aliphatic carbocycles. The summed E-state index contributed by atoms with van der Waals surface area (Å²) in [6, 6.07) is 0.120. The van der Waals surface area contributed by atoms with Crippen molar-refractivity contribution in [1.29, 1.82) is 0 Å². The molecule has 0 saturated carbocycles. The molecular formula is C14H25N5O2. The van der Waals surface area contributed by atoms with Crippen LogP contribution in [0.3, 0.4) is 0 Å². The van der Waals surface area contributed by atoms with Gasteiger partial charge in [-0.25, -0.2) is 4.98 Å². The van der Waals surface area contributed by atoms with Gasteiger partial charge in [0.05, 0.1) is 4.92 Å². The van der Waals surface area contributed by atoms with E-state index in [9.17, 15) is 10.1 Å². The molecule has 1 rings (SSSR count). The molecule has 0 aromatic carbocycles. The highest BCUT2D eigenvalue weighted by Gasteiger charge is 2.28. The summed E-state index contributed by atoms with van der Waals surface area (Å²) in [6.07, 6.45) is 0. The molecule has 0 bridgehead atoms. The third-order valence-corrected chi connectivity index (χ3v) is 3.01. The van der Waals surface area contributed by atoms with Gasteiger partial charge in [0.15, 0.2) is 0 Å². The number of aromatic nitrogens is 2. The van der Waals surface area contributed by atoms with E-state index in [0.717, 1.165) is 0 Å². The van der Waals surface area contributed by atoms with Crippen LogP contribution in [0.4, 0.5) is 17.5 Å². The number of rotatable bonds is 7. The number of nitrogens with one attached hydrogen (secondary N) is 1. The van der Waals surface area contributed by atoms with Gasteiger partial charge in [-0.3, -0.25) is 10.1 Å². The maximum Gasteiger partial charge on any atom is 0.332 e. The highest BCUT2D eigenvalue weighted by atomic mass is 16.6. The van der Waals surface area contributed by atoms with Crippen LogP contribution in [0.2, 0.25) is 0 Å². The molecule has 7 nitrogen and oxygen atoms in total. The van der Waals surface area contributed by atoms with Crippen molar-refractivity contribution in [3.63, 3.8) is 0 Å². The zero-order valence-electron chi connectivity index (χ0n) is 13.7. The van der Waals surface area contributed by atoms with E-state index in [2.05, 4.69) is 29.1 Å². The van der Waals surface area contributed by atoms with E-state index < -0.39 is 4.92 Å². The van der Waals surface area contributed by atoms with Crippen LogP contribution in [0.5, 0.6) is 0 Å². The van der Waals surface area contributed by atoms with Crippen LogP contribution in [0.25, 0.3) is 0 Å². The third-order valence-electron chi connectivity index (χ3n) is 3.01. The van der Waals surface area contributed by atoms with Gasteiger partial charge in [-0.15, -0.1) is 0 Å². The van der Waals surface area contributed by atoms with Gasteiger partial charge in [0.2, 0.25) is 11.8 Å². The average molecular weight is 295 g/mol.